The minimum Gasteiger partial charge on any atom is -0.480 e. The van der Waals surface area contributed by atoms with E-state index >= 15 is 0 Å². The van der Waals surface area contributed by atoms with Crippen LogP contribution in [0.25, 0.3) is 0 Å². The van der Waals surface area contributed by atoms with Crippen molar-refractivity contribution in [1.82, 2.24) is 10.3 Å². The van der Waals surface area contributed by atoms with Gasteiger partial charge in [0.25, 0.3) is 5.91 Å². The van der Waals surface area contributed by atoms with Gasteiger partial charge in [0.1, 0.15) is 11.7 Å². The van der Waals surface area contributed by atoms with E-state index in [0.29, 0.717) is 18.0 Å². The largest absolute Gasteiger partial charge is 0.480 e. The third kappa shape index (κ3) is 3.07. The van der Waals surface area contributed by atoms with Crippen LogP contribution in [0.2, 0.25) is 0 Å². The van der Waals surface area contributed by atoms with E-state index in [-0.39, 0.29) is 5.91 Å². The van der Waals surface area contributed by atoms with Crippen molar-refractivity contribution in [3.63, 3.8) is 0 Å². The third-order valence-electron chi connectivity index (χ3n) is 2.99. The van der Waals surface area contributed by atoms with Gasteiger partial charge in [-0.1, -0.05) is 12.8 Å². The first-order chi connectivity index (χ1) is 8.47. The van der Waals surface area contributed by atoms with Crippen molar-refractivity contribution in [2.24, 2.45) is 5.92 Å². The molecule has 2 rings (SSSR count). The summed E-state index contributed by atoms with van der Waals surface area (Å²) in [7, 11) is 0. The molecule has 0 saturated heterocycles. The third-order valence-corrected chi connectivity index (χ3v) is 3.87. The number of hydrogen-bond acceptors (Lipinski definition) is 4. The quantitative estimate of drug-likeness (QED) is 0.852. The van der Waals surface area contributed by atoms with Gasteiger partial charge in [0, 0.05) is 4.88 Å². The Balaban J connectivity index is 2.03. The second-order valence-electron chi connectivity index (χ2n) is 4.68. The Hall–Kier alpha value is -1.43. The van der Waals surface area contributed by atoms with Crippen molar-refractivity contribution in [2.45, 2.75) is 39.2 Å². The van der Waals surface area contributed by atoms with Crippen LogP contribution in [-0.2, 0) is 4.79 Å². The van der Waals surface area contributed by atoms with E-state index in [1.54, 1.807) is 0 Å². The number of carboxylic acids is 1. The number of nitrogens with zero attached hydrogens (tertiary/aromatic N) is 1. The van der Waals surface area contributed by atoms with Gasteiger partial charge in [-0.2, -0.15) is 0 Å². The number of aliphatic carboxylic acids is 1. The molecule has 98 valence electrons. The number of amides is 1. The maximum absolute atomic E-state index is 12.0. The van der Waals surface area contributed by atoms with Crippen LogP contribution in [0, 0.1) is 19.8 Å². The van der Waals surface area contributed by atoms with Crippen molar-refractivity contribution < 1.29 is 14.7 Å². The first-order valence-electron chi connectivity index (χ1n) is 5.95. The molecule has 1 aliphatic rings. The topological polar surface area (TPSA) is 79.3 Å². The van der Waals surface area contributed by atoms with E-state index in [2.05, 4.69) is 10.3 Å². The lowest BCUT2D eigenvalue weighted by Gasteiger charge is -2.13. The highest BCUT2D eigenvalue weighted by Crippen LogP contribution is 2.33. The van der Waals surface area contributed by atoms with E-state index in [9.17, 15) is 9.59 Å². The molecule has 0 aliphatic heterocycles. The lowest BCUT2D eigenvalue weighted by atomic mass is 10.1. The van der Waals surface area contributed by atoms with Crippen molar-refractivity contribution in [2.75, 3.05) is 0 Å². The van der Waals surface area contributed by atoms with Crippen molar-refractivity contribution in [3.8, 4) is 0 Å². The number of hydrogen-bond donors (Lipinski definition) is 2. The first-order valence-corrected chi connectivity index (χ1v) is 6.76. The molecule has 18 heavy (non-hydrogen) atoms. The highest BCUT2D eigenvalue weighted by molar-refractivity contribution is 7.11. The number of aromatic nitrogens is 1. The molecule has 1 unspecified atom stereocenters. The minimum absolute atomic E-state index is 0.347. The van der Waals surface area contributed by atoms with Gasteiger partial charge >= 0.3 is 5.97 Å². The van der Waals surface area contributed by atoms with Gasteiger partial charge in [-0.05, 0) is 26.2 Å². The zero-order valence-corrected chi connectivity index (χ0v) is 11.2. The molecule has 1 amide bonds. The minimum atomic E-state index is -0.972. The number of carbonyl (C=O) groups excluding carboxylic acids is 1. The smallest absolute Gasteiger partial charge is 0.326 e. The number of aryl methyl sites for hydroxylation is 2. The van der Waals surface area contributed by atoms with Crippen LogP contribution in [0.4, 0.5) is 0 Å². The summed E-state index contributed by atoms with van der Waals surface area (Å²) < 4.78 is 0. The van der Waals surface area contributed by atoms with Gasteiger partial charge in [-0.15, -0.1) is 11.3 Å². The van der Waals surface area contributed by atoms with Crippen LogP contribution in [0.5, 0.6) is 0 Å². The van der Waals surface area contributed by atoms with Crippen LogP contribution in [0.3, 0.4) is 0 Å². The van der Waals surface area contributed by atoms with Gasteiger partial charge in [0.2, 0.25) is 0 Å². The first kappa shape index (κ1) is 13.0. The molecule has 0 spiro atoms. The van der Waals surface area contributed by atoms with Gasteiger partial charge in [-0.25, -0.2) is 9.78 Å². The summed E-state index contributed by atoms with van der Waals surface area (Å²) in [4.78, 5) is 28.0. The lowest BCUT2D eigenvalue weighted by Crippen LogP contribution is -2.41. The molecule has 0 aromatic carbocycles. The predicted molar refractivity (Wildman–Crippen MR) is 67.8 cm³/mol. The van der Waals surface area contributed by atoms with Crippen molar-refractivity contribution in [1.29, 1.82) is 0 Å². The summed E-state index contributed by atoms with van der Waals surface area (Å²) in [5, 5.41) is 12.5. The maximum atomic E-state index is 12.0. The summed E-state index contributed by atoms with van der Waals surface area (Å²) in [6.45, 7) is 3.64. The molecule has 6 heteroatoms. The molecule has 1 heterocycles. The monoisotopic (exact) mass is 268 g/mol. The Bertz CT molecular complexity index is 480. The predicted octanol–water partition coefficient (Wildman–Crippen LogP) is 1.74. The van der Waals surface area contributed by atoms with Gasteiger partial charge in [0.15, 0.2) is 0 Å². The normalized spacial score (nSPS) is 16.3. The Morgan fingerprint density at radius 3 is 2.61 bits per heavy atom. The molecular formula is C12H16N2O3S. The Morgan fingerprint density at radius 2 is 2.17 bits per heavy atom. The molecule has 1 fully saturated rings. The SMILES string of the molecule is Cc1nc(C(=O)NC(CC2CC2)C(=O)O)c(C)s1. The van der Waals surface area contributed by atoms with Crippen LogP contribution in [0.15, 0.2) is 0 Å². The van der Waals surface area contributed by atoms with Crippen molar-refractivity contribution in [3.05, 3.63) is 15.6 Å². The summed E-state index contributed by atoms with van der Waals surface area (Å²) in [5.74, 6) is -0.908. The maximum Gasteiger partial charge on any atom is 0.326 e. The van der Waals surface area contributed by atoms with E-state index in [1.807, 2.05) is 13.8 Å². The standard InChI is InChI=1S/C12H16N2O3S/c1-6-10(13-7(2)18-6)11(15)14-9(12(16)17)5-8-3-4-8/h8-9H,3-5H2,1-2H3,(H,14,15)(H,16,17). The van der Waals surface area contributed by atoms with Crippen LogP contribution >= 0.6 is 11.3 Å². The number of carbonyl (C=O) groups is 2. The number of carboxylic acid groups (broad SMARTS) is 1. The Morgan fingerprint density at radius 1 is 1.50 bits per heavy atom. The molecule has 1 aliphatic carbocycles. The number of thiazole rings is 1. The zero-order chi connectivity index (χ0) is 13.3. The summed E-state index contributed by atoms with van der Waals surface area (Å²) in [5.41, 5.74) is 0.347. The van der Waals surface area contributed by atoms with Crippen LogP contribution < -0.4 is 5.32 Å². The van der Waals surface area contributed by atoms with E-state index in [1.165, 1.54) is 11.3 Å². The zero-order valence-electron chi connectivity index (χ0n) is 10.4. The van der Waals surface area contributed by atoms with E-state index < -0.39 is 12.0 Å². The van der Waals surface area contributed by atoms with E-state index in [0.717, 1.165) is 22.7 Å². The molecule has 1 saturated carbocycles. The van der Waals surface area contributed by atoms with Gasteiger partial charge in [-0.3, -0.25) is 4.79 Å². The summed E-state index contributed by atoms with van der Waals surface area (Å²) in [6.07, 6.45) is 2.65. The van der Waals surface area contributed by atoms with Crippen LogP contribution in [-0.4, -0.2) is 28.0 Å². The van der Waals surface area contributed by atoms with Gasteiger partial charge < -0.3 is 10.4 Å². The average molecular weight is 268 g/mol. The average Bonchev–Trinajstić information content (AvgIpc) is 3.02. The second-order valence-corrected chi connectivity index (χ2v) is 6.09. The van der Waals surface area contributed by atoms with Gasteiger partial charge in [0.05, 0.1) is 5.01 Å². The summed E-state index contributed by atoms with van der Waals surface area (Å²) in [6, 6.07) is -0.800. The summed E-state index contributed by atoms with van der Waals surface area (Å²) >= 11 is 1.44. The molecule has 1 aromatic rings. The number of rotatable bonds is 5. The molecule has 0 radical (unpaired) electrons. The fourth-order valence-electron chi connectivity index (χ4n) is 1.87. The fraction of sp³-hybridized carbons (Fsp3) is 0.583. The highest BCUT2D eigenvalue weighted by atomic mass is 32.1. The molecule has 0 bridgehead atoms. The Kier molecular flexibility index (Phi) is 3.65. The number of nitrogens with one attached hydrogen (secondary N) is 1. The van der Waals surface area contributed by atoms with Crippen LogP contribution in [0.1, 0.15) is 39.6 Å². The molecular weight excluding hydrogens is 252 g/mol. The fourth-order valence-corrected chi connectivity index (χ4v) is 2.69. The molecule has 1 atom stereocenters. The molecule has 5 nitrogen and oxygen atoms in total. The molecule has 2 N–H and O–H groups in total. The highest BCUT2D eigenvalue weighted by Gasteiger charge is 2.31. The lowest BCUT2D eigenvalue weighted by molar-refractivity contribution is -0.139. The Labute approximate surface area is 109 Å². The molecule has 1 aromatic heterocycles. The van der Waals surface area contributed by atoms with E-state index in [4.69, 9.17) is 5.11 Å². The van der Waals surface area contributed by atoms with Crippen molar-refractivity contribution >= 4 is 23.2 Å². The second kappa shape index (κ2) is 5.06.